The number of para-hydroxylation sites is 4. The van der Waals surface area contributed by atoms with Crippen LogP contribution in [0.15, 0.2) is 200 Å². The van der Waals surface area contributed by atoms with Crippen molar-refractivity contribution in [3.8, 4) is 51.2 Å². The van der Waals surface area contributed by atoms with Crippen LogP contribution in [-0.4, -0.2) is 28.7 Å². The van der Waals surface area contributed by atoms with Gasteiger partial charge in [-0.15, -0.1) is 0 Å². The maximum atomic E-state index is 5.51. The summed E-state index contributed by atoms with van der Waals surface area (Å²) in [6.07, 6.45) is 6.57. The number of hydrogen-bond donors (Lipinski definition) is 0. The van der Waals surface area contributed by atoms with Crippen LogP contribution in [0.5, 0.6) is 0 Å². The van der Waals surface area contributed by atoms with Gasteiger partial charge in [-0.2, -0.15) is 9.97 Å². The maximum Gasteiger partial charge on any atom is 0.238 e. The minimum absolute atomic E-state index is 0.560. The highest BCUT2D eigenvalue weighted by molar-refractivity contribution is 6.23. The van der Waals surface area contributed by atoms with Crippen LogP contribution in [0.3, 0.4) is 0 Å². The Morgan fingerprint density at radius 1 is 0.365 bits per heavy atom. The van der Waals surface area contributed by atoms with Crippen molar-refractivity contribution in [2.24, 2.45) is 0 Å². The zero-order valence-electron chi connectivity index (χ0n) is 34.2. The smallest absolute Gasteiger partial charge is 0.238 e. The molecule has 0 radical (unpaired) electrons. The normalized spacial score (nSPS) is 12.6. The van der Waals surface area contributed by atoms with Gasteiger partial charge in [-0.25, -0.2) is 4.98 Å². The summed E-state index contributed by atoms with van der Waals surface area (Å²) in [7, 11) is 0. The van der Waals surface area contributed by atoms with Gasteiger partial charge in [0.05, 0.1) is 27.6 Å². The number of hydrogen-bond acceptors (Lipinski definition) is 3. The number of allylic oxidation sites excluding steroid dienone is 1. The van der Waals surface area contributed by atoms with Gasteiger partial charge in [-0.1, -0.05) is 158 Å². The van der Waals surface area contributed by atoms with Gasteiger partial charge in [-0.3, -0.25) is 4.57 Å². The highest BCUT2D eigenvalue weighted by atomic mass is 15.2. The Hall–Kier alpha value is -8.35. The first kappa shape index (κ1) is 35.4. The second-order valence-corrected chi connectivity index (χ2v) is 16.3. The number of aromatic nitrogens is 6. The predicted octanol–water partition coefficient (Wildman–Crippen LogP) is 14.0. The van der Waals surface area contributed by atoms with E-state index in [0.717, 1.165) is 84.8 Å². The SMILES string of the molecule is C1=Cc2c(n(-c3ccccc3)c3cc(-c4nc(-c5cccc(-c6ccccc6)c5)nc(-n5c6ccccc6c6ccc7c8ccccc8n(-c8ccccc8)c7c65)n4)ccc23)CC1. The number of nitrogens with zero attached hydrogens (tertiary/aromatic N) is 6. The Morgan fingerprint density at radius 3 is 1.60 bits per heavy atom. The Kier molecular flexibility index (Phi) is 7.93. The molecule has 6 heteroatoms. The van der Waals surface area contributed by atoms with Crippen molar-refractivity contribution in [3.05, 3.63) is 211 Å². The molecule has 0 aliphatic heterocycles. The highest BCUT2D eigenvalue weighted by Gasteiger charge is 2.25. The molecule has 0 atom stereocenters. The minimum Gasteiger partial charge on any atom is -0.313 e. The van der Waals surface area contributed by atoms with Crippen LogP contribution < -0.4 is 0 Å². The fourth-order valence-corrected chi connectivity index (χ4v) is 9.98. The number of benzene rings is 8. The fraction of sp³-hybridized carbons (Fsp3) is 0.0351. The molecular weight excluding hydrogens is 769 g/mol. The van der Waals surface area contributed by atoms with Gasteiger partial charge in [0, 0.05) is 60.7 Å². The van der Waals surface area contributed by atoms with Gasteiger partial charge >= 0.3 is 0 Å². The van der Waals surface area contributed by atoms with E-state index in [2.05, 4.69) is 220 Å². The summed E-state index contributed by atoms with van der Waals surface area (Å²) in [6, 6.07) is 69.0. The van der Waals surface area contributed by atoms with Gasteiger partial charge in [0.25, 0.3) is 0 Å². The van der Waals surface area contributed by atoms with Crippen molar-refractivity contribution < 1.29 is 0 Å². The lowest BCUT2D eigenvalue weighted by molar-refractivity contribution is 0.888. The summed E-state index contributed by atoms with van der Waals surface area (Å²) in [6.45, 7) is 0. The van der Waals surface area contributed by atoms with E-state index in [1.807, 2.05) is 0 Å². The summed E-state index contributed by atoms with van der Waals surface area (Å²) in [5, 5.41) is 5.85. The van der Waals surface area contributed by atoms with Gasteiger partial charge in [0.15, 0.2) is 11.6 Å². The zero-order valence-corrected chi connectivity index (χ0v) is 34.2. The molecule has 12 aromatic rings. The Morgan fingerprint density at radius 2 is 0.905 bits per heavy atom. The zero-order chi connectivity index (χ0) is 41.4. The van der Waals surface area contributed by atoms with Gasteiger partial charge in [-0.05, 0) is 72.5 Å². The molecule has 0 amide bonds. The molecule has 1 aliphatic carbocycles. The van der Waals surface area contributed by atoms with Gasteiger partial charge in [0.2, 0.25) is 5.95 Å². The molecule has 0 spiro atoms. The first-order valence-electron chi connectivity index (χ1n) is 21.6. The lowest BCUT2D eigenvalue weighted by Crippen LogP contribution is -2.07. The molecule has 1 aliphatic rings. The van der Waals surface area contributed by atoms with E-state index in [9.17, 15) is 0 Å². The molecule has 13 rings (SSSR count). The highest BCUT2D eigenvalue weighted by Crippen LogP contribution is 2.42. The first-order valence-corrected chi connectivity index (χ1v) is 21.6. The maximum absolute atomic E-state index is 5.51. The van der Waals surface area contributed by atoms with Crippen LogP contribution in [-0.2, 0) is 6.42 Å². The summed E-state index contributed by atoms with van der Waals surface area (Å²) < 4.78 is 7.10. The van der Waals surface area contributed by atoms with Crippen LogP contribution >= 0.6 is 0 Å². The van der Waals surface area contributed by atoms with Crippen LogP contribution in [0, 0.1) is 0 Å². The number of fused-ring (bicyclic) bond motifs is 10. The molecule has 8 aromatic carbocycles. The Labute approximate surface area is 363 Å². The van der Waals surface area contributed by atoms with E-state index in [1.165, 1.54) is 27.4 Å². The first-order chi connectivity index (χ1) is 31.3. The summed E-state index contributed by atoms with van der Waals surface area (Å²) in [4.78, 5) is 16.4. The van der Waals surface area contributed by atoms with Crippen LogP contribution in [0.4, 0.5) is 0 Å². The molecular formula is C57H38N6. The van der Waals surface area contributed by atoms with Crippen LogP contribution in [0.1, 0.15) is 17.7 Å². The topological polar surface area (TPSA) is 53.5 Å². The quantitative estimate of drug-likeness (QED) is 0.168. The second-order valence-electron chi connectivity index (χ2n) is 16.3. The van der Waals surface area contributed by atoms with Gasteiger partial charge < -0.3 is 9.13 Å². The lowest BCUT2D eigenvalue weighted by Gasteiger charge is -2.14. The van der Waals surface area contributed by atoms with E-state index in [0.29, 0.717) is 17.6 Å². The predicted molar refractivity (Wildman–Crippen MR) is 259 cm³/mol. The molecule has 0 bridgehead atoms. The summed E-state index contributed by atoms with van der Waals surface area (Å²) in [5.41, 5.74) is 14.4. The summed E-state index contributed by atoms with van der Waals surface area (Å²) >= 11 is 0. The van der Waals surface area contributed by atoms with Gasteiger partial charge in [0.1, 0.15) is 0 Å². The number of rotatable bonds is 6. The third-order valence-electron chi connectivity index (χ3n) is 12.7. The summed E-state index contributed by atoms with van der Waals surface area (Å²) in [5.74, 6) is 1.78. The van der Waals surface area contributed by atoms with Crippen molar-refractivity contribution in [2.45, 2.75) is 12.8 Å². The fourth-order valence-electron chi connectivity index (χ4n) is 9.98. The molecule has 0 fully saturated rings. The average molecular weight is 807 g/mol. The minimum atomic E-state index is 0.560. The molecule has 0 saturated carbocycles. The molecule has 6 nitrogen and oxygen atoms in total. The molecule has 0 unspecified atom stereocenters. The Balaban J connectivity index is 1.13. The van der Waals surface area contributed by atoms with Crippen LogP contribution in [0.2, 0.25) is 0 Å². The molecule has 0 N–H and O–H groups in total. The Bertz CT molecular complexity index is 3780. The molecule has 4 heterocycles. The van der Waals surface area contributed by atoms with E-state index >= 15 is 0 Å². The van der Waals surface area contributed by atoms with E-state index in [1.54, 1.807) is 0 Å². The van der Waals surface area contributed by atoms with E-state index < -0.39 is 0 Å². The van der Waals surface area contributed by atoms with E-state index in [-0.39, 0.29) is 0 Å². The molecule has 4 aromatic heterocycles. The third-order valence-corrected chi connectivity index (χ3v) is 12.7. The van der Waals surface area contributed by atoms with E-state index in [4.69, 9.17) is 15.0 Å². The van der Waals surface area contributed by atoms with Crippen molar-refractivity contribution in [2.75, 3.05) is 0 Å². The monoisotopic (exact) mass is 806 g/mol. The molecule has 0 saturated heterocycles. The molecule has 63 heavy (non-hydrogen) atoms. The largest absolute Gasteiger partial charge is 0.313 e. The van der Waals surface area contributed by atoms with Crippen molar-refractivity contribution in [3.63, 3.8) is 0 Å². The van der Waals surface area contributed by atoms with Crippen molar-refractivity contribution in [1.29, 1.82) is 0 Å². The van der Waals surface area contributed by atoms with Crippen molar-refractivity contribution in [1.82, 2.24) is 28.7 Å². The average Bonchev–Trinajstić information content (AvgIpc) is 4.00. The molecule has 296 valence electrons. The standard InChI is InChI=1S/C57H38N6/c1-4-17-37(18-5-1)38-19-16-20-39(35-38)55-58-56(40-31-32-46-43-25-10-13-28-49(43)61(52(46)36-40)41-21-6-2-7-22-41)60-57(59-55)63-51-30-15-12-27-45(51)48-34-33-47-44-26-11-14-29-50(44)62(53(47)54(48)63)42-23-8-3-9-24-42/h1-12,14-27,29-36H,13,28H2. The van der Waals surface area contributed by atoms with Crippen molar-refractivity contribution >= 4 is 60.6 Å². The van der Waals surface area contributed by atoms with Crippen LogP contribution in [0.25, 0.3) is 112 Å². The third kappa shape index (κ3) is 5.55. The second kappa shape index (κ2) is 14.1. The lowest BCUT2D eigenvalue weighted by atomic mass is 10.0.